The Hall–Kier alpha value is -2.82. The molecule has 5 heteroatoms. The highest BCUT2D eigenvalue weighted by Crippen LogP contribution is 2.16. The minimum Gasteiger partial charge on any atom is -0.399 e. The molecule has 2 aromatic carbocycles. The van der Waals surface area contributed by atoms with Crippen LogP contribution in [0.4, 0.5) is 16.2 Å². The summed E-state index contributed by atoms with van der Waals surface area (Å²) in [4.78, 5) is 25.0. The Morgan fingerprint density at radius 3 is 2.24 bits per heavy atom. The maximum Gasteiger partial charge on any atom is 0.329 e. The molecule has 0 aromatic heterocycles. The van der Waals surface area contributed by atoms with Crippen molar-refractivity contribution in [2.45, 2.75) is 13.5 Å². The molecule has 3 N–H and O–H groups in total. The molecule has 0 bridgehead atoms. The van der Waals surface area contributed by atoms with E-state index in [0.717, 1.165) is 10.5 Å². The van der Waals surface area contributed by atoms with Crippen LogP contribution in [0.3, 0.4) is 0 Å². The predicted octanol–water partition coefficient (Wildman–Crippen LogP) is 2.53. The number of urea groups is 1. The highest BCUT2D eigenvalue weighted by atomic mass is 16.2. The van der Waals surface area contributed by atoms with Crippen molar-refractivity contribution in [3.05, 3.63) is 60.2 Å². The van der Waals surface area contributed by atoms with E-state index >= 15 is 0 Å². The molecule has 108 valence electrons. The number of nitrogen functional groups attached to an aromatic ring is 1. The van der Waals surface area contributed by atoms with E-state index in [2.05, 4.69) is 5.32 Å². The van der Waals surface area contributed by atoms with E-state index in [1.807, 2.05) is 30.3 Å². The van der Waals surface area contributed by atoms with E-state index in [1.165, 1.54) is 6.92 Å². The van der Waals surface area contributed by atoms with Crippen molar-refractivity contribution in [1.82, 2.24) is 5.32 Å². The maximum absolute atomic E-state index is 12.2. The van der Waals surface area contributed by atoms with Crippen LogP contribution in [0.1, 0.15) is 12.5 Å². The van der Waals surface area contributed by atoms with E-state index in [4.69, 9.17) is 5.73 Å². The maximum atomic E-state index is 12.2. The number of nitrogens with one attached hydrogen (secondary N) is 1. The third-order valence-electron chi connectivity index (χ3n) is 2.96. The Labute approximate surface area is 123 Å². The van der Waals surface area contributed by atoms with Crippen molar-refractivity contribution in [2.75, 3.05) is 10.6 Å². The minimum absolute atomic E-state index is 0.356. The van der Waals surface area contributed by atoms with Gasteiger partial charge in [0, 0.05) is 19.2 Å². The van der Waals surface area contributed by atoms with Gasteiger partial charge in [-0.3, -0.25) is 4.79 Å². The number of rotatable bonds is 3. The van der Waals surface area contributed by atoms with Gasteiger partial charge in [-0.2, -0.15) is 0 Å². The van der Waals surface area contributed by atoms with Gasteiger partial charge < -0.3 is 11.1 Å². The third-order valence-corrected chi connectivity index (χ3v) is 2.96. The molecule has 3 amide bonds. The van der Waals surface area contributed by atoms with Gasteiger partial charge in [-0.25, -0.2) is 9.69 Å². The van der Waals surface area contributed by atoms with Gasteiger partial charge in [0.2, 0.25) is 5.91 Å². The van der Waals surface area contributed by atoms with Crippen molar-refractivity contribution in [2.24, 2.45) is 0 Å². The second kappa shape index (κ2) is 6.56. The zero-order valence-electron chi connectivity index (χ0n) is 11.7. The number of imide groups is 1. The Morgan fingerprint density at radius 1 is 1.05 bits per heavy atom. The van der Waals surface area contributed by atoms with Gasteiger partial charge in [-0.15, -0.1) is 0 Å². The summed E-state index contributed by atoms with van der Waals surface area (Å²) in [6.07, 6.45) is 0. The molecule has 0 saturated heterocycles. The summed E-state index contributed by atoms with van der Waals surface area (Å²) in [6, 6.07) is 15.6. The van der Waals surface area contributed by atoms with Gasteiger partial charge in [0.1, 0.15) is 0 Å². The lowest BCUT2D eigenvalue weighted by Crippen LogP contribution is -2.42. The molecule has 0 aliphatic heterocycles. The summed E-state index contributed by atoms with van der Waals surface area (Å²) in [6.45, 7) is 1.71. The lowest BCUT2D eigenvalue weighted by molar-refractivity contribution is -0.115. The molecule has 0 aliphatic carbocycles. The van der Waals surface area contributed by atoms with Crippen LogP contribution in [0.15, 0.2) is 54.6 Å². The fourth-order valence-electron chi connectivity index (χ4n) is 1.92. The molecular weight excluding hydrogens is 266 g/mol. The smallest absolute Gasteiger partial charge is 0.329 e. The van der Waals surface area contributed by atoms with Crippen molar-refractivity contribution in [3.63, 3.8) is 0 Å². The molecule has 0 radical (unpaired) electrons. The van der Waals surface area contributed by atoms with Gasteiger partial charge in [-0.1, -0.05) is 30.3 Å². The minimum atomic E-state index is -0.462. The van der Waals surface area contributed by atoms with Gasteiger partial charge >= 0.3 is 6.03 Å². The number of benzene rings is 2. The van der Waals surface area contributed by atoms with Gasteiger partial charge in [0.25, 0.3) is 0 Å². The summed E-state index contributed by atoms with van der Waals surface area (Å²) < 4.78 is 0. The highest BCUT2D eigenvalue weighted by molar-refractivity contribution is 6.13. The van der Waals surface area contributed by atoms with Crippen molar-refractivity contribution >= 4 is 23.3 Å². The van der Waals surface area contributed by atoms with Crippen LogP contribution in [0.25, 0.3) is 0 Å². The van der Waals surface area contributed by atoms with Gasteiger partial charge in [0.15, 0.2) is 0 Å². The first-order valence-electron chi connectivity index (χ1n) is 6.56. The number of hydrogen-bond donors (Lipinski definition) is 2. The standard InChI is InChI=1S/C16H17N3O2/c1-12(20)19(15-9-7-14(17)8-10-15)16(21)18-11-13-5-3-2-4-6-13/h2-10H,11,17H2,1H3,(H,18,21). The SMILES string of the molecule is CC(=O)N(C(=O)NCc1ccccc1)c1ccc(N)cc1. The van der Waals surface area contributed by atoms with Crippen LogP contribution in [0.2, 0.25) is 0 Å². The van der Waals surface area contributed by atoms with Gasteiger partial charge in [0.05, 0.1) is 5.69 Å². The summed E-state index contributed by atoms with van der Waals surface area (Å²) in [5.41, 5.74) is 7.64. The second-order valence-corrected chi connectivity index (χ2v) is 4.59. The zero-order valence-corrected chi connectivity index (χ0v) is 11.7. The molecule has 0 spiro atoms. The molecule has 0 aliphatic rings. The molecule has 2 rings (SSSR count). The number of nitrogens with zero attached hydrogens (tertiary/aromatic N) is 1. The van der Waals surface area contributed by atoms with Crippen LogP contribution in [-0.4, -0.2) is 11.9 Å². The highest BCUT2D eigenvalue weighted by Gasteiger charge is 2.19. The van der Waals surface area contributed by atoms with E-state index in [9.17, 15) is 9.59 Å². The first-order chi connectivity index (χ1) is 10.1. The number of anilines is 2. The normalized spacial score (nSPS) is 9.95. The Balaban J connectivity index is 2.09. The summed E-state index contributed by atoms with van der Waals surface area (Å²) in [5, 5.41) is 2.73. The largest absolute Gasteiger partial charge is 0.399 e. The van der Waals surface area contributed by atoms with Crippen molar-refractivity contribution in [1.29, 1.82) is 0 Å². The van der Waals surface area contributed by atoms with E-state index < -0.39 is 6.03 Å². The third kappa shape index (κ3) is 3.82. The fourth-order valence-corrected chi connectivity index (χ4v) is 1.92. The number of amides is 3. The Kier molecular flexibility index (Phi) is 4.56. The second-order valence-electron chi connectivity index (χ2n) is 4.59. The lowest BCUT2D eigenvalue weighted by Gasteiger charge is -2.20. The van der Waals surface area contributed by atoms with Crippen LogP contribution < -0.4 is 16.0 Å². The van der Waals surface area contributed by atoms with Crippen LogP contribution in [0.5, 0.6) is 0 Å². The Bertz CT molecular complexity index is 624. The van der Waals surface area contributed by atoms with Crippen molar-refractivity contribution in [3.8, 4) is 0 Å². The van der Waals surface area contributed by atoms with Crippen molar-refractivity contribution < 1.29 is 9.59 Å². The quantitative estimate of drug-likeness (QED) is 0.850. The molecule has 2 aromatic rings. The molecule has 0 saturated carbocycles. The molecular formula is C16H17N3O2. The summed E-state index contributed by atoms with van der Waals surface area (Å²) in [5.74, 6) is -0.356. The van der Waals surface area contributed by atoms with Crippen LogP contribution >= 0.6 is 0 Å². The molecule has 21 heavy (non-hydrogen) atoms. The average molecular weight is 283 g/mol. The van der Waals surface area contributed by atoms with E-state index in [0.29, 0.717) is 17.9 Å². The molecule has 0 unspecified atom stereocenters. The number of nitrogens with two attached hydrogens (primary N) is 1. The molecule has 0 atom stereocenters. The number of carbonyl (C=O) groups excluding carboxylic acids is 2. The van der Waals surface area contributed by atoms with E-state index in [1.54, 1.807) is 24.3 Å². The summed E-state index contributed by atoms with van der Waals surface area (Å²) >= 11 is 0. The molecule has 0 heterocycles. The first kappa shape index (κ1) is 14.6. The molecule has 5 nitrogen and oxygen atoms in total. The predicted molar refractivity (Wildman–Crippen MR) is 82.7 cm³/mol. The fraction of sp³-hybridized carbons (Fsp3) is 0.125. The Morgan fingerprint density at radius 2 is 1.67 bits per heavy atom. The number of carbonyl (C=O) groups is 2. The zero-order chi connectivity index (χ0) is 15.2. The van der Waals surface area contributed by atoms with Crippen LogP contribution in [0, 0.1) is 0 Å². The molecule has 0 fully saturated rings. The average Bonchev–Trinajstić information content (AvgIpc) is 2.48. The lowest BCUT2D eigenvalue weighted by atomic mass is 10.2. The number of hydrogen-bond acceptors (Lipinski definition) is 3. The van der Waals surface area contributed by atoms with Gasteiger partial charge in [-0.05, 0) is 29.8 Å². The monoisotopic (exact) mass is 283 g/mol. The van der Waals surface area contributed by atoms with Crippen LogP contribution in [-0.2, 0) is 11.3 Å². The summed E-state index contributed by atoms with van der Waals surface area (Å²) in [7, 11) is 0. The van der Waals surface area contributed by atoms with E-state index in [-0.39, 0.29) is 5.91 Å². The topological polar surface area (TPSA) is 75.4 Å². The first-order valence-corrected chi connectivity index (χ1v) is 6.56.